The third-order valence-corrected chi connectivity index (χ3v) is 3.73. The molecule has 0 aliphatic carbocycles. The van der Waals surface area contributed by atoms with Crippen molar-refractivity contribution in [3.8, 4) is 0 Å². The van der Waals surface area contributed by atoms with Gasteiger partial charge in [0, 0.05) is 12.6 Å². The summed E-state index contributed by atoms with van der Waals surface area (Å²) in [6.07, 6.45) is 0. The van der Waals surface area contributed by atoms with E-state index in [1.807, 2.05) is 37.3 Å². The molecule has 2 rings (SSSR count). The van der Waals surface area contributed by atoms with Gasteiger partial charge in [0.25, 0.3) is 0 Å². The quantitative estimate of drug-likeness (QED) is 0.870. The Kier molecular flexibility index (Phi) is 4.58. The van der Waals surface area contributed by atoms with Crippen LogP contribution >= 0.6 is 0 Å². The predicted octanol–water partition coefficient (Wildman–Crippen LogP) is 3.55. The van der Waals surface area contributed by atoms with Crippen molar-refractivity contribution in [3.05, 3.63) is 71.3 Å². The summed E-state index contributed by atoms with van der Waals surface area (Å²) in [7, 11) is 0. The Morgan fingerprint density at radius 1 is 1.05 bits per heavy atom. The summed E-state index contributed by atoms with van der Waals surface area (Å²) < 4.78 is 0. The van der Waals surface area contributed by atoms with Gasteiger partial charge in [-0.15, -0.1) is 0 Å². The topological polar surface area (TPSA) is 32.3 Å². The first kappa shape index (κ1) is 14.8. The van der Waals surface area contributed by atoms with E-state index in [9.17, 15) is 5.11 Å². The number of nitrogens with one attached hydrogen (secondary N) is 1. The number of aliphatic hydroxyl groups is 1. The van der Waals surface area contributed by atoms with Crippen LogP contribution in [-0.4, -0.2) is 11.7 Å². The fourth-order valence-electron chi connectivity index (χ4n) is 2.22. The molecule has 2 aromatic carbocycles. The normalized spacial score (nSPS) is 15.6. The second kappa shape index (κ2) is 6.21. The Balaban J connectivity index is 1.99. The first-order valence-corrected chi connectivity index (χ1v) is 7.07. The summed E-state index contributed by atoms with van der Waals surface area (Å²) in [4.78, 5) is 0. The van der Waals surface area contributed by atoms with Gasteiger partial charge in [0.15, 0.2) is 0 Å². The smallest absolute Gasteiger partial charge is 0.0992 e. The van der Waals surface area contributed by atoms with Crippen LogP contribution in [0.3, 0.4) is 0 Å². The van der Waals surface area contributed by atoms with Gasteiger partial charge in [-0.05, 0) is 31.9 Å². The van der Waals surface area contributed by atoms with E-state index in [-0.39, 0.29) is 6.04 Å². The molecule has 1 unspecified atom stereocenters. The van der Waals surface area contributed by atoms with Gasteiger partial charge in [0.05, 0.1) is 5.60 Å². The van der Waals surface area contributed by atoms with Crippen molar-refractivity contribution in [2.24, 2.45) is 0 Å². The van der Waals surface area contributed by atoms with Gasteiger partial charge in [-0.3, -0.25) is 0 Å². The minimum Gasteiger partial charge on any atom is -0.384 e. The molecule has 2 aromatic rings. The molecule has 0 saturated carbocycles. The molecule has 106 valence electrons. The summed E-state index contributed by atoms with van der Waals surface area (Å²) in [5.74, 6) is 0. The average molecular weight is 269 g/mol. The van der Waals surface area contributed by atoms with Crippen molar-refractivity contribution in [1.82, 2.24) is 5.32 Å². The van der Waals surface area contributed by atoms with Crippen LogP contribution in [0.15, 0.2) is 54.6 Å². The molecule has 0 heterocycles. The van der Waals surface area contributed by atoms with Crippen LogP contribution in [-0.2, 0) is 5.60 Å². The molecule has 0 fully saturated rings. The Morgan fingerprint density at radius 2 is 1.65 bits per heavy atom. The predicted molar refractivity (Wildman–Crippen MR) is 83.6 cm³/mol. The molecule has 2 heteroatoms. The average Bonchev–Trinajstić information content (AvgIpc) is 2.46. The third kappa shape index (κ3) is 3.69. The molecule has 0 amide bonds. The molecule has 20 heavy (non-hydrogen) atoms. The van der Waals surface area contributed by atoms with E-state index in [1.165, 1.54) is 11.1 Å². The highest BCUT2D eigenvalue weighted by Crippen LogP contribution is 2.21. The van der Waals surface area contributed by atoms with Crippen LogP contribution in [0.4, 0.5) is 0 Å². The summed E-state index contributed by atoms with van der Waals surface area (Å²) in [5, 5.41) is 14.0. The molecule has 0 bridgehead atoms. The second-order valence-electron chi connectivity index (χ2n) is 5.65. The molecule has 0 aromatic heterocycles. The summed E-state index contributed by atoms with van der Waals surface area (Å²) in [6.45, 7) is 6.57. The molecule has 2 nitrogen and oxygen atoms in total. The van der Waals surface area contributed by atoms with Gasteiger partial charge in [-0.25, -0.2) is 0 Å². The Morgan fingerprint density at radius 3 is 2.25 bits per heavy atom. The van der Waals surface area contributed by atoms with Crippen LogP contribution < -0.4 is 5.32 Å². The molecule has 2 atom stereocenters. The van der Waals surface area contributed by atoms with Gasteiger partial charge in [-0.1, -0.05) is 60.2 Å². The highest BCUT2D eigenvalue weighted by atomic mass is 16.3. The van der Waals surface area contributed by atoms with Gasteiger partial charge in [-0.2, -0.15) is 0 Å². The first-order chi connectivity index (χ1) is 9.49. The Bertz CT molecular complexity index is 531. The van der Waals surface area contributed by atoms with Crippen molar-refractivity contribution in [2.45, 2.75) is 32.4 Å². The molecular weight excluding hydrogens is 246 g/mol. The van der Waals surface area contributed by atoms with E-state index < -0.39 is 5.60 Å². The lowest BCUT2D eigenvalue weighted by atomic mass is 9.95. The van der Waals surface area contributed by atoms with E-state index in [1.54, 1.807) is 0 Å². The van der Waals surface area contributed by atoms with Gasteiger partial charge in [0.1, 0.15) is 0 Å². The van der Waals surface area contributed by atoms with E-state index in [0.717, 1.165) is 5.56 Å². The maximum Gasteiger partial charge on any atom is 0.0992 e. The third-order valence-electron chi connectivity index (χ3n) is 3.73. The zero-order valence-electron chi connectivity index (χ0n) is 12.4. The number of hydrogen-bond acceptors (Lipinski definition) is 2. The van der Waals surface area contributed by atoms with Crippen LogP contribution in [0.5, 0.6) is 0 Å². The molecule has 0 saturated heterocycles. The van der Waals surface area contributed by atoms with Crippen molar-refractivity contribution in [2.75, 3.05) is 6.54 Å². The minimum atomic E-state index is -0.861. The van der Waals surface area contributed by atoms with Gasteiger partial charge < -0.3 is 10.4 Å². The summed E-state index contributed by atoms with van der Waals surface area (Å²) in [6, 6.07) is 18.5. The lowest BCUT2D eigenvalue weighted by Crippen LogP contribution is -2.36. The zero-order valence-corrected chi connectivity index (χ0v) is 12.4. The van der Waals surface area contributed by atoms with E-state index in [4.69, 9.17) is 0 Å². The molecular formula is C18H23NO. The van der Waals surface area contributed by atoms with E-state index in [0.29, 0.717) is 6.54 Å². The van der Waals surface area contributed by atoms with Crippen LogP contribution in [0.2, 0.25) is 0 Å². The van der Waals surface area contributed by atoms with E-state index >= 15 is 0 Å². The van der Waals surface area contributed by atoms with Crippen LogP contribution in [0, 0.1) is 6.92 Å². The highest BCUT2D eigenvalue weighted by Gasteiger charge is 2.23. The van der Waals surface area contributed by atoms with Gasteiger partial charge >= 0.3 is 0 Å². The Labute approximate surface area is 121 Å². The largest absolute Gasteiger partial charge is 0.384 e. The van der Waals surface area contributed by atoms with Crippen LogP contribution in [0.25, 0.3) is 0 Å². The maximum absolute atomic E-state index is 10.6. The number of aryl methyl sites for hydroxylation is 1. The van der Waals surface area contributed by atoms with Crippen molar-refractivity contribution >= 4 is 0 Å². The van der Waals surface area contributed by atoms with Crippen LogP contribution in [0.1, 0.15) is 36.6 Å². The lowest BCUT2D eigenvalue weighted by Gasteiger charge is -2.26. The van der Waals surface area contributed by atoms with Crippen molar-refractivity contribution in [1.29, 1.82) is 0 Å². The second-order valence-corrected chi connectivity index (χ2v) is 5.65. The van der Waals surface area contributed by atoms with Crippen molar-refractivity contribution < 1.29 is 5.11 Å². The number of hydrogen-bond donors (Lipinski definition) is 2. The standard InChI is InChI=1S/C18H23NO/c1-14-9-11-16(12-10-14)15(2)19-13-18(3,20)17-7-5-4-6-8-17/h4-12,15,19-20H,13H2,1-3H3/t15-,18?/m0/s1. The molecule has 0 spiro atoms. The fraction of sp³-hybridized carbons (Fsp3) is 0.333. The zero-order chi connectivity index (χ0) is 14.6. The number of benzene rings is 2. The monoisotopic (exact) mass is 269 g/mol. The Hall–Kier alpha value is -1.64. The lowest BCUT2D eigenvalue weighted by molar-refractivity contribution is 0.0543. The summed E-state index contributed by atoms with van der Waals surface area (Å²) >= 11 is 0. The first-order valence-electron chi connectivity index (χ1n) is 7.07. The van der Waals surface area contributed by atoms with Gasteiger partial charge in [0.2, 0.25) is 0 Å². The molecule has 2 N–H and O–H groups in total. The molecule has 0 aliphatic rings. The molecule has 0 radical (unpaired) electrons. The minimum absolute atomic E-state index is 0.214. The fourth-order valence-corrected chi connectivity index (χ4v) is 2.22. The molecule has 0 aliphatic heterocycles. The number of rotatable bonds is 5. The van der Waals surface area contributed by atoms with Crippen molar-refractivity contribution in [3.63, 3.8) is 0 Å². The highest BCUT2D eigenvalue weighted by molar-refractivity contribution is 5.25. The summed E-state index contributed by atoms with van der Waals surface area (Å²) in [5.41, 5.74) is 2.57. The van der Waals surface area contributed by atoms with E-state index in [2.05, 4.69) is 43.4 Å². The maximum atomic E-state index is 10.6. The SMILES string of the molecule is Cc1ccc([C@H](C)NCC(C)(O)c2ccccc2)cc1.